The number of rotatable bonds is 7. The van der Waals surface area contributed by atoms with Crippen molar-refractivity contribution in [3.05, 3.63) is 52.4 Å². The average molecular weight is 396 g/mol. The van der Waals surface area contributed by atoms with Crippen molar-refractivity contribution in [2.24, 2.45) is 0 Å². The van der Waals surface area contributed by atoms with Crippen molar-refractivity contribution in [1.29, 1.82) is 0 Å². The molecule has 1 heterocycles. The highest BCUT2D eigenvalue weighted by atomic mass is 79.9. The third kappa shape index (κ3) is 5.13. The van der Waals surface area contributed by atoms with Crippen molar-refractivity contribution in [1.82, 2.24) is 4.90 Å². The first kappa shape index (κ1) is 18.1. The minimum Gasteiger partial charge on any atom is -0.494 e. The highest BCUT2D eigenvalue weighted by Crippen LogP contribution is 2.15. The smallest absolute Gasteiger partial charge is 0.374 e. The number of hydrogen-bond donors (Lipinski definition) is 0. The first-order valence-corrected chi connectivity index (χ1v) is 8.17. The van der Waals surface area contributed by atoms with Crippen LogP contribution in [0.2, 0.25) is 0 Å². The van der Waals surface area contributed by atoms with Gasteiger partial charge in [0.2, 0.25) is 5.76 Å². The molecular weight excluding hydrogens is 378 g/mol. The Balaban J connectivity index is 1.82. The van der Waals surface area contributed by atoms with E-state index in [0.717, 1.165) is 11.3 Å². The number of esters is 1. The van der Waals surface area contributed by atoms with Crippen LogP contribution in [0.25, 0.3) is 0 Å². The number of carbonyl (C=O) groups excluding carboxylic acids is 2. The number of benzene rings is 1. The number of ether oxygens (including phenoxy) is 2. The molecule has 0 aliphatic rings. The van der Waals surface area contributed by atoms with Crippen molar-refractivity contribution < 1.29 is 23.5 Å². The zero-order chi connectivity index (χ0) is 17.5. The summed E-state index contributed by atoms with van der Waals surface area (Å²) in [6.07, 6.45) is 0. The monoisotopic (exact) mass is 395 g/mol. The lowest BCUT2D eigenvalue weighted by atomic mass is 10.2. The molecule has 0 spiro atoms. The van der Waals surface area contributed by atoms with Crippen LogP contribution in [0, 0.1) is 0 Å². The van der Waals surface area contributed by atoms with Crippen LogP contribution in [0.4, 0.5) is 0 Å². The number of nitrogens with zero attached hydrogens (tertiary/aromatic N) is 1. The van der Waals surface area contributed by atoms with E-state index in [-0.39, 0.29) is 18.3 Å². The molecule has 2 rings (SSSR count). The fourth-order valence-electron chi connectivity index (χ4n) is 1.95. The van der Waals surface area contributed by atoms with Crippen molar-refractivity contribution in [2.75, 3.05) is 20.3 Å². The molecule has 0 aliphatic heterocycles. The SMILES string of the molecule is CCOc1ccc(CN(C)C(=O)COC(=O)c2ccc(Br)o2)cc1. The van der Waals surface area contributed by atoms with Gasteiger partial charge in [0.25, 0.3) is 5.91 Å². The molecule has 0 saturated heterocycles. The summed E-state index contributed by atoms with van der Waals surface area (Å²) >= 11 is 3.10. The lowest BCUT2D eigenvalue weighted by molar-refractivity contribution is -0.133. The van der Waals surface area contributed by atoms with E-state index < -0.39 is 5.97 Å². The van der Waals surface area contributed by atoms with Crippen LogP contribution in [-0.2, 0) is 16.1 Å². The van der Waals surface area contributed by atoms with Crippen LogP contribution in [0.15, 0.2) is 45.5 Å². The van der Waals surface area contributed by atoms with Crippen LogP contribution in [0.3, 0.4) is 0 Å². The first-order valence-electron chi connectivity index (χ1n) is 7.37. The third-order valence-electron chi connectivity index (χ3n) is 3.18. The standard InChI is InChI=1S/C17H18BrNO5/c1-3-22-13-6-4-12(5-7-13)10-19(2)16(20)11-23-17(21)14-8-9-15(18)24-14/h4-9H,3,10-11H2,1-2H3. The highest BCUT2D eigenvalue weighted by molar-refractivity contribution is 9.10. The summed E-state index contributed by atoms with van der Waals surface area (Å²) in [6, 6.07) is 10.5. The molecule has 1 aromatic heterocycles. The van der Waals surface area contributed by atoms with Gasteiger partial charge in [0, 0.05) is 13.6 Å². The number of furan rings is 1. The van der Waals surface area contributed by atoms with Crippen LogP contribution >= 0.6 is 15.9 Å². The quantitative estimate of drug-likeness (QED) is 0.672. The number of carbonyl (C=O) groups is 2. The van der Waals surface area contributed by atoms with Crippen LogP contribution < -0.4 is 4.74 Å². The van der Waals surface area contributed by atoms with Gasteiger partial charge in [-0.05, 0) is 52.7 Å². The molecule has 0 aliphatic carbocycles. The van der Waals surface area contributed by atoms with Gasteiger partial charge in [-0.25, -0.2) is 4.79 Å². The van der Waals surface area contributed by atoms with E-state index in [0.29, 0.717) is 17.8 Å². The van der Waals surface area contributed by atoms with E-state index in [1.54, 1.807) is 13.1 Å². The summed E-state index contributed by atoms with van der Waals surface area (Å²) in [5, 5.41) is 0. The van der Waals surface area contributed by atoms with Gasteiger partial charge in [-0.15, -0.1) is 0 Å². The molecule has 0 atom stereocenters. The number of likely N-dealkylation sites (N-methyl/N-ethyl adjacent to an activating group) is 1. The Labute approximate surface area is 148 Å². The van der Waals surface area contributed by atoms with Gasteiger partial charge in [0.1, 0.15) is 5.75 Å². The molecule has 2 aromatic rings. The lowest BCUT2D eigenvalue weighted by Crippen LogP contribution is -2.30. The van der Waals surface area contributed by atoms with Gasteiger partial charge in [-0.1, -0.05) is 12.1 Å². The third-order valence-corrected chi connectivity index (χ3v) is 3.61. The van der Waals surface area contributed by atoms with Crippen LogP contribution in [-0.4, -0.2) is 37.0 Å². The van der Waals surface area contributed by atoms with E-state index in [1.165, 1.54) is 11.0 Å². The maximum absolute atomic E-state index is 12.0. The molecule has 1 aromatic carbocycles. The normalized spacial score (nSPS) is 10.3. The van der Waals surface area contributed by atoms with Gasteiger partial charge in [-0.2, -0.15) is 0 Å². The minimum atomic E-state index is -0.677. The zero-order valence-electron chi connectivity index (χ0n) is 13.5. The highest BCUT2D eigenvalue weighted by Gasteiger charge is 2.16. The van der Waals surface area contributed by atoms with Gasteiger partial charge < -0.3 is 18.8 Å². The predicted molar refractivity (Wildman–Crippen MR) is 90.8 cm³/mol. The average Bonchev–Trinajstić information content (AvgIpc) is 3.01. The predicted octanol–water partition coefficient (Wildman–Crippen LogP) is 3.26. The molecular formula is C17H18BrNO5. The molecule has 24 heavy (non-hydrogen) atoms. The van der Waals surface area contributed by atoms with E-state index in [4.69, 9.17) is 13.9 Å². The second-order valence-corrected chi connectivity index (χ2v) is 5.79. The Bertz CT molecular complexity index is 695. The maximum atomic E-state index is 12.0. The van der Waals surface area contributed by atoms with E-state index in [1.807, 2.05) is 31.2 Å². The van der Waals surface area contributed by atoms with Crippen LogP contribution in [0.5, 0.6) is 5.75 Å². The Morgan fingerprint density at radius 3 is 2.46 bits per heavy atom. The van der Waals surface area contributed by atoms with Crippen molar-refractivity contribution in [3.8, 4) is 5.75 Å². The number of hydrogen-bond acceptors (Lipinski definition) is 5. The Morgan fingerprint density at radius 1 is 1.17 bits per heavy atom. The summed E-state index contributed by atoms with van der Waals surface area (Å²) in [5.74, 6) is -0.149. The largest absolute Gasteiger partial charge is 0.494 e. The number of amides is 1. The van der Waals surface area contributed by atoms with Gasteiger partial charge >= 0.3 is 5.97 Å². The maximum Gasteiger partial charge on any atom is 0.374 e. The number of halogens is 1. The molecule has 0 N–H and O–H groups in total. The minimum absolute atomic E-state index is 0.0452. The van der Waals surface area contributed by atoms with E-state index in [2.05, 4.69) is 15.9 Å². The molecule has 6 nitrogen and oxygen atoms in total. The molecule has 0 saturated carbocycles. The van der Waals surface area contributed by atoms with Crippen molar-refractivity contribution in [2.45, 2.75) is 13.5 Å². The molecule has 1 amide bonds. The molecule has 0 fully saturated rings. The topological polar surface area (TPSA) is 69.0 Å². The van der Waals surface area contributed by atoms with Crippen LogP contribution in [0.1, 0.15) is 23.0 Å². The Hall–Kier alpha value is -2.28. The molecule has 7 heteroatoms. The van der Waals surface area contributed by atoms with Crippen molar-refractivity contribution >= 4 is 27.8 Å². The fraction of sp³-hybridized carbons (Fsp3) is 0.294. The second-order valence-electron chi connectivity index (χ2n) is 5.01. The first-order chi connectivity index (χ1) is 11.5. The molecule has 0 unspecified atom stereocenters. The summed E-state index contributed by atoms with van der Waals surface area (Å²) in [7, 11) is 1.65. The Morgan fingerprint density at radius 2 is 1.88 bits per heavy atom. The summed E-state index contributed by atoms with van der Waals surface area (Å²) in [4.78, 5) is 25.2. The van der Waals surface area contributed by atoms with Gasteiger partial charge in [0.05, 0.1) is 6.61 Å². The summed E-state index contributed by atoms with van der Waals surface area (Å²) in [6.45, 7) is 2.60. The fourth-order valence-corrected chi connectivity index (χ4v) is 2.26. The van der Waals surface area contributed by atoms with Gasteiger partial charge in [0.15, 0.2) is 11.3 Å². The molecule has 0 bridgehead atoms. The molecule has 128 valence electrons. The summed E-state index contributed by atoms with van der Waals surface area (Å²) in [5.41, 5.74) is 0.954. The molecule has 0 radical (unpaired) electrons. The van der Waals surface area contributed by atoms with E-state index in [9.17, 15) is 9.59 Å². The van der Waals surface area contributed by atoms with Crippen molar-refractivity contribution in [3.63, 3.8) is 0 Å². The zero-order valence-corrected chi connectivity index (χ0v) is 15.0. The lowest BCUT2D eigenvalue weighted by Gasteiger charge is -2.17. The van der Waals surface area contributed by atoms with Gasteiger partial charge in [-0.3, -0.25) is 4.79 Å². The Kier molecular flexibility index (Phi) is 6.43. The van der Waals surface area contributed by atoms with E-state index >= 15 is 0 Å². The summed E-state index contributed by atoms with van der Waals surface area (Å²) < 4.78 is 15.8. The second kappa shape index (κ2) is 8.54.